The van der Waals surface area contributed by atoms with Crippen LogP contribution in [0.5, 0.6) is 5.75 Å². The van der Waals surface area contributed by atoms with E-state index in [0.717, 1.165) is 11.1 Å². The topological polar surface area (TPSA) is 90.7 Å². The predicted octanol–water partition coefficient (Wildman–Crippen LogP) is 1.42. The smallest absolute Gasteiger partial charge is 0.246 e. The molecule has 0 aliphatic rings. The van der Waals surface area contributed by atoms with Crippen LogP contribution in [0.1, 0.15) is 11.1 Å². The molecule has 0 radical (unpaired) electrons. The van der Waals surface area contributed by atoms with Crippen LogP contribution < -0.4 is 15.8 Å². The van der Waals surface area contributed by atoms with E-state index in [1.165, 1.54) is 0 Å². The lowest BCUT2D eigenvalue weighted by Crippen LogP contribution is -2.47. The zero-order chi connectivity index (χ0) is 18.1. The van der Waals surface area contributed by atoms with Gasteiger partial charge in [-0.3, -0.25) is 9.59 Å². The Morgan fingerprint density at radius 1 is 1.08 bits per heavy atom. The van der Waals surface area contributed by atoms with E-state index < -0.39 is 17.9 Å². The minimum atomic E-state index is -0.830. The number of hydrogen-bond donors (Lipinski definition) is 2. The van der Waals surface area contributed by atoms with Gasteiger partial charge in [0.1, 0.15) is 18.4 Å². The molecule has 132 valence electrons. The molecule has 0 saturated carbocycles. The van der Waals surface area contributed by atoms with Crippen molar-refractivity contribution >= 4 is 11.8 Å². The predicted molar refractivity (Wildman–Crippen MR) is 93.9 cm³/mol. The Morgan fingerprint density at radius 3 is 2.44 bits per heavy atom. The lowest BCUT2D eigenvalue weighted by atomic mass is 10.0. The molecule has 3 N–H and O–H groups in total. The summed E-state index contributed by atoms with van der Waals surface area (Å²) in [6, 6.07) is 16.0. The average Bonchev–Trinajstić information content (AvgIpc) is 2.62. The Hall–Kier alpha value is -2.86. The van der Waals surface area contributed by atoms with Gasteiger partial charge < -0.3 is 20.5 Å². The largest absolute Gasteiger partial charge is 0.496 e. The summed E-state index contributed by atoms with van der Waals surface area (Å²) in [7, 11) is 1.55. The van der Waals surface area contributed by atoms with Gasteiger partial charge in [0.2, 0.25) is 11.8 Å². The number of rotatable bonds is 9. The highest BCUT2D eigenvalue weighted by Crippen LogP contribution is 2.18. The van der Waals surface area contributed by atoms with E-state index in [1.54, 1.807) is 13.2 Å². The van der Waals surface area contributed by atoms with Crippen LogP contribution in [0, 0.1) is 0 Å². The molecule has 0 aromatic heterocycles. The fourth-order valence-corrected chi connectivity index (χ4v) is 2.39. The molecule has 0 saturated heterocycles. The molecule has 25 heavy (non-hydrogen) atoms. The second kappa shape index (κ2) is 9.44. The average molecular weight is 342 g/mol. The fourth-order valence-electron chi connectivity index (χ4n) is 2.39. The molecule has 2 aromatic carbocycles. The second-order valence-electron chi connectivity index (χ2n) is 5.52. The van der Waals surface area contributed by atoms with Gasteiger partial charge in [-0.05, 0) is 17.2 Å². The number of nitrogens with one attached hydrogen (secondary N) is 1. The molecule has 6 heteroatoms. The molecular weight excluding hydrogens is 320 g/mol. The van der Waals surface area contributed by atoms with Gasteiger partial charge in [0.15, 0.2) is 0 Å². The standard InChI is InChI=1S/C19H22N2O4/c1-24-17-10-6-5-9-15(17)11-16(19(20)23)21-18(22)13-25-12-14-7-3-2-4-8-14/h2-10,16H,11-13H2,1H3,(H2,20,23)(H,21,22)/t16-/m1/s1. The van der Waals surface area contributed by atoms with Crippen LogP contribution in [-0.4, -0.2) is 31.6 Å². The summed E-state index contributed by atoms with van der Waals surface area (Å²) in [5.41, 5.74) is 7.17. The normalized spacial score (nSPS) is 11.6. The van der Waals surface area contributed by atoms with Crippen LogP contribution in [-0.2, 0) is 27.4 Å². The van der Waals surface area contributed by atoms with Crippen molar-refractivity contribution < 1.29 is 19.1 Å². The molecule has 0 aliphatic carbocycles. The minimum absolute atomic E-state index is 0.148. The molecule has 1 atom stereocenters. The van der Waals surface area contributed by atoms with Gasteiger partial charge in [0.25, 0.3) is 0 Å². The van der Waals surface area contributed by atoms with Gasteiger partial charge >= 0.3 is 0 Å². The first-order valence-corrected chi connectivity index (χ1v) is 7.92. The van der Waals surface area contributed by atoms with Gasteiger partial charge in [-0.25, -0.2) is 0 Å². The van der Waals surface area contributed by atoms with E-state index in [9.17, 15) is 9.59 Å². The highest BCUT2D eigenvalue weighted by atomic mass is 16.5. The van der Waals surface area contributed by atoms with E-state index in [2.05, 4.69) is 5.32 Å². The lowest BCUT2D eigenvalue weighted by molar-refractivity contribution is -0.130. The van der Waals surface area contributed by atoms with Crippen LogP contribution in [0.3, 0.4) is 0 Å². The number of primary amides is 1. The van der Waals surface area contributed by atoms with Crippen LogP contribution in [0.15, 0.2) is 54.6 Å². The van der Waals surface area contributed by atoms with Crippen LogP contribution in [0.4, 0.5) is 0 Å². The highest BCUT2D eigenvalue weighted by Gasteiger charge is 2.20. The van der Waals surface area contributed by atoms with Crippen LogP contribution >= 0.6 is 0 Å². The number of hydrogen-bond acceptors (Lipinski definition) is 4. The molecule has 6 nitrogen and oxygen atoms in total. The molecule has 0 heterocycles. The molecule has 2 amide bonds. The maximum Gasteiger partial charge on any atom is 0.246 e. The van der Waals surface area contributed by atoms with Crippen molar-refractivity contribution in [1.29, 1.82) is 0 Å². The molecule has 0 fully saturated rings. The molecule has 2 rings (SSSR count). The van der Waals surface area contributed by atoms with Crippen LogP contribution in [0.25, 0.3) is 0 Å². The number of para-hydroxylation sites is 1. The number of methoxy groups -OCH3 is 1. The van der Waals surface area contributed by atoms with Crippen molar-refractivity contribution in [2.75, 3.05) is 13.7 Å². The molecule has 2 aromatic rings. The quantitative estimate of drug-likeness (QED) is 0.721. The lowest BCUT2D eigenvalue weighted by Gasteiger charge is -2.17. The summed E-state index contributed by atoms with van der Waals surface area (Å²) in [5.74, 6) is -0.361. The Balaban J connectivity index is 1.88. The van der Waals surface area contributed by atoms with E-state index in [0.29, 0.717) is 12.4 Å². The maximum atomic E-state index is 12.0. The zero-order valence-electron chi connectivity index (χ0n) is 14.1. The zero-order valence-corrected chi connectivity index (χ0v) is 14.1. The third kappa shape index (κ3) is 5.93. The van der Waals surface area contributed by atoms with Crippen molar-refractivity contribution in [2.24, 2.45) is 5.73 Å². The molecule has 0 spiro atoms. The Morgan fingerprint density at radius 2 is 1.76 bits per heavy atom. The van der Waals surface area contributed by atoms with Crippen molar-refractivity contribution in [3.63, 3.8) is 0 Å². The Labute approximate surface area is 146 Å². The summed E-state index contributed by atoms with van der Waals surface area (Å²) in [6.07, 6.45) is 0.254. The van der Waals surface area contributed by atoms with E-state index in [1.807, 2.05) is 48.5 Å². The number of benzene rings is 2. The number of ether oxygens (including phenoxy) is 2. The second-order valence-corrected chi connectivity index (χ2v) is 5.52. The molecule has 0 unspecified atom stereocenters. The van der Waals surface area contributed by atoms with Crippen molar-refractivity contribution in [1.82, 2.24) is 5.32 Å². The highest BCUT2D eigenvalue weighted by molar-refractivity contribution is 5.87. The van der Waals surface area contributed by atoms with Gasteiger partial charge in [-0.15, -0.1) is 0 Å². The number of nitrogens with two attached hydrogens (primary N) is 1. The van der Waals surface area contributed by atoms with Crippen molar-refractivity contribution in [3.8, 4) is 5.75 Å². The molecular formula is C19H22N2O4. The third-order valence-electron chi connectivity index (χ3n) is 3.64. The first-order valence-electron chi connectivity index (χ1n) is 7.92. The number of amides is 2. The summed E-state index contributed by atoms with van der Waals surface area (Å²) in [4.78, 5) is 23.7. The Kier molecular flexibility index (Phi) is 6.98. The maximum absolute atomic E-state index is 12.0. The van der Waals surface area contributed by atoms with Gasteiger partial charge in [-0.2, -0.15) is 0 Å². The van der Waals surface area contributed by atoms with E-state index >= 15 is 0 Å². The van der Waals surface area contributed by atoms with E-state index in [-0.39, 0.29) is 13.0 Å². The summed E-state index contributed by atoms with van der Waals surface area (Å²) >= 11 is 0. The van der Waals surface area contributed by atoms with Crippen LogP contribution in [0.2, 0.25) is 0 Å². The molecule has 0 bridgehead atoms. The number of carbonyl (C=O) groups excluding carboxylic acids is 2. The fraction of sp³-hybridized carbons (Fsp3) is 0.263. The first-order chi connectivity index (χ1) is 12.1. The monoisotopic (exact) mass is 342 g/mol. The van der Waals surface area contributed by atoms with Crippen molar-refractivity contribution in [3.05, 3.63) is 65.7 Å². The number of carbonyl (C=O) groups is 2. The molecule has 0 aliphatic heterocycles. The summed E-state index contributed by atoms with van der Waals surface area (Å²) in [6.45, 7) is 0.173. The van der Waals surface area contributed by atoms with Gasteiger partial charge in [0.05, 0.1) is 13.7 Å². The van der Waals surface area contributed by atoms with Gasteiger partial charge in [-0.1, -0.05) is 48.5 Å². The third-order valence-corrected chi connectivity index (χ3v) is 3.64. The summed E-state index contributed by atoms with van der Waals surface area (Å²) < 4.78 is 10.6. The minimum Gasteiger partial charge on any atom is -0.496 e. The Bertz CT molecular complexity index is 704. The summed E-state index contributed by atoms with van der Waals surface area (Å²) in [5, 5.41) is 2.61. The van der Waals surface area contributed by atoms with Crippen molar-refractivity contribution in [2.45, 2.75) is 19.1 Å². The first kappa shape index (κ1) is 18.5. The van der Waals surface area contributed by atoms with E-state index in [4.69, 9.17) is 15.2 Å². The van der Waals surface area contributed by atoms with Gasteiger partial charge in [0, 0.05) is 6.42 Å². The SMILES string of the molecule is COc1ccccc1C[C@@H](NC(=O)COCc1ccccc1)C(N)=O.